The molecule has 6 heteroatoms. The molecule has 4 nitrogen and oxygen atoms in total. The summed E-state index contributed by atoms with van der Waals surface area (Å²) in [7, 11) is 0. The van der Waals surface area contributed by atoms with Crippen molar-refractivity contribution >= 4 is 6.16 Å². The molecule has 0 fully saturated rings. The van der Waals surface area contributed by atoms with Gasteiger partial charge in [0.25, 0.3) is 0 Å². The van der Waals surface area contributed by atoms with E-state index in [0.717, 1.165) is 0 Å². The molecule has 0 atom stereocenters. The van der Waals surface area contributed by atoms with Crippen LogP contribution in [0.25, 0.3) is 0 Å². The topological polar surface area (TPSA) is 74.6 Å². The van der Waals surface area contributed by atoms with Gasteiger partial charge in [-0.1, -0.05) is 0 Å². The van der Waals surface area contributed by atoms with Crippen LogP contribution in [0.15, 0.2) is 0 Å². The Morgan fingerprint density at radius 3 is 1.43 bits per heavy atom. The second-order valence-electron chi connectivity index (χ2n) is 0.283. The van der Waals surface area contributed by atoms with Crippen LogP contribution in [0.2, 0.25) is 0 Å². The van der Waals surface area contributed by atoms with Gasteiger partial charge in [-0.05, 0) is 0 Å². The predicted octanol–water partition coefficient (Wildman–Crippen LogP) is -2.78. The fourth-order valence-electron chi connectivity index (χ4n) is 0. The first kappa shape index (κ1) is 15.7. The van der Waals surface area contributed by atoms with Crippen LogP contribution >= 0.6 is 0 Å². The van der Waals surface area contributed by atoms with E-state index in [-0.39, 0.29) is 38.5 Å². The van der Waals surface area contributed by atoms with Gasteiger partial charge in [-0.25, -0.2) is 4.79 Å². The van der Waals surface area contributed by atoms with Crippen LogP contribution in [-0.2, 0) is 21.8 Å². The van der Waals surface area contributed by atoms with Crippen molar-refractivity contribution in [1.82, 2.24) is 0 Å². The third-order valence-electron chi connectivity index (χ3n) is 0. The molecule has 0 aliphatic carbocycles. The van der Waals surface area contributed by atoms with Crippen molar-refractivity contribution in [2.45, 2.75) is 0 Å². The van der Waals surface area contributed by atoms with Gasteiger partial charge in [0.1, 0.15) is 0 Å². The number of hydrogen-bond acceptors (Lipinski definition) is 2. The van der Waals surface area contributed by atoms with E-state index in [2.05, 4.69) is 0 Å². The summed E-state index contributed by atoms with van der Waals surface area (Å²) in [6.07, 6.45) is -1.83. The standard InChI is InChI=1S/CH2O3.Li.O.Zn.H/c2-1(3)4;;;;/h(H2,2,3,4);;;;/q;+1;;;-1. The maximum absolute atomic E-state index is 8.56. The summed E-state index contributed by atoms with van der Waals surface area (Å²) >= 11 is 0.125. The fraction of sp³-hybridized carbons (Fsp3) is 0. The normalized spacial score (nSPS) is 4.29. The van der Waals surface area contributed by atoms with Gasteiger partial charge < -0.3 is 11.6 Å². The number of carbonyl (C=O) groups is 1. The number of hydrogen-bond donors (Lipinski definition) is 2. The van der Waals surface area contributed by atoms with Crippen molar-refractivity contribution in [1.29, 1.82) is 0 Å². The summed E-state index contributed by atoms with van der Waals surface area (Å²) in [5, 5.41) is 13.9. The van der Waals surface area contributed by atoms with E-state index in [0.29, 0.717) is 0 Å². The Morgan fingerprint density at radius 1 is 1.43 bits per heavy atom. The Bertz CT molecular complexity index is 47.3. The second kappa shape index (κ2) is 16.3. The SMILES string of the molecule is O=C(O)O.[H-].[Li+].[O]=[Zn]. The zero-order chi connectivity index (χ0) is 5.58. The minimum absolute atomic E-state index is 0. The van der Waals surface area contributed by atoms with E-state index < -0.39 is 6.16 Å². The first-order valence-corrected chi connectivity index (χ1v) is 2.15. The third-order valence-corrected chi connectivity index (χ3v) is 0. The van der Waals surface area contributed by atoms with Gasteiger partial charge in [0.2, 0.25) is 0 Å². The van der Waals surface area contributed by atoms with Gasteiger partial charge >= 0.3 is 46.8 Å². The summed E-state index contributed by atoms with van der Waals surface area (Å²) in [4.78, 5) is 8.56. The van der Waals surface area contributed by atoms with Crippen molar-refractivity contribution in [3.8, 4) is 0 Å². The van der Waals surface area contributed by atoms with Crippen molar-refractivity contribution < 1.29 is 57.1 Å². The monoisotopic (exact) mass is 150 g/mol. The molecule has 0 spiro atoms. The van der Waals surface area contributed by atoms with Crippen molar-refractivity contribution in [3.63, 3.8) is 0 Å². The van der Waals surface area contributed by atoms with E-state index in [1.54, 1.807) is 0 Å². The Kier molecular flexibility index (Phi) is 36.4. The van der Waals surface area contributed by atoms with E-state index >= 15 is 0 Å². The van der Waals surface area contributed by atoms with Gasteiger partial charge in [0.05, 0.1) is 0 Å². The molecule has 0 aliphatic rings. The van der Waals surface area contributed by atoms with Crippen LogP contribution in [0.1, 0.15) is 1.43 Å². The van der Waals surface area contributed by atoms with Crippen LogP contribution in [0, 0.1) is 0 Å². The third kappa shape index (κ3) is 1370. The first-order valence-electron chi connectivity index (χ1n) is 0.940. The van der Waals surface area contributed by atoms with E-state index in [9.17, 15) is 0 Å². The average molecular weight is 151 g/mol. The van der Waals surface area contributed by atoms with Crippen molar-refractivity contribution in [3.05, 3.63) is 0 Å². The zero-order valence-electron chi connectivity index (χ0n) is 4.92. The van der Waals surface area contributed by atoms with Crippen LogP contribution < -0.4 is 18.9 Å². The Labute approximate surface area is 63.5 Å². The van der Waals surface area contributed by atoms with Crippen molar-refractivity contribution in [2.24, 2.45) is 0 Å². The number of carboxylic acid groups (broad SMARTS) is 2. The average Bonchev–Trinajstić information content (AvgIpc) is 1.41. The summed E-state index contributed by atoms with van der Waals surface area (Å²) in [6.45, 7) is 0. The molecule has 34 valence electrons. The summed E-state index contributed by atoms with van der Waals surface area (Å²) in [5.74, 6) is 0. The second-order valence-corrected chi connectivity index (χ2v) is 0.283. The Balaban J connectivity index is -0.0000000183. The molecule has 0 aliphatic heterocycles. The molecule has 0 saturated carbocycles. The molecule has 0 rings (SSSR count). The zero-order valence-corrected chi connectivity index (χ0v) is 6.89. The van der Waals surface area contributed by atoms with E-state index in [4.69, 9.17) is 18.6 Å². The van der Waals surface area contributed by atoms with Gasteiger partial charge in [-0.3, -0.25) is 0 Å². The number of rotatable bonds is 0. The van der Waals surface area contributed by atoms with Gasteiger partial charge in [0, 0.05) is 0 Å². The van der Waals surface area contributed by atoms with Crippen LogP contribution in [0.5, 0.6) is 0 Å². The summed E-state index contributed by atoms with van der Waals surface area (Å²) < 4.78 is 8.38. The summed E-state index contributed by atoms with van der Waals surface area (Å²) in [6, 6.07) is 0. The Hall–Kier alpha value is 0.291. The molecule has 0 bridgehead atoms. The fourth-order valence-corrected chi connectivity index (χ4v) is 0. The van der Waals surface area contributed by atoms with Crippen molar-refractivity contribution in [2.75, 3.05) is 0 Å². The molecular weight excluding hydrogens is 148 g/mol. The molecule has 0 heterocycles. The molecule has 7 heavy (non-hydrogen) atoms. The molecule has 0 aromatic heterocycles. The summed E-state index contributed by atoms with van der Waals surface area (Å²) in [5.41, 5.74) is 0. The van der Waals surface area contributed by atoms with Crippen LogP contribution in [-0.4, -0.2) is 16.4 Å². The minimum atomic E-state index is -1.83. The molecule has 0 radical (unpaired) electrons. The van der Waals surface area contributed by atoms with E-state index in [1.165, 1.54) is 0 Å². The van der Waals surface area contributed by atoms with Crippen LogP contribution in [0.3, 0.4) is 0 Å². The molecule has 0 aromatic carbocycles. The van der Waals surface area contributed by atoms with Crippen LogP contribution in [0.4, 0.5) is 4.79 Å². The molecule has 0 aromatic rings. The molecule has 0 amide bonds. The Morgan fingerprint density at radius 2 is 1.43 bits per heavy atom. The molecular formula is CH3LiO4Zn. The van der Waals surface area contributed by atoms with Gasteiger partial charge in [-0.15, -0.1) is 0 Å². The maximum atomic E-state index is 8.56. The quantitative estimate of drug-likeness (QED) is 0.367. The molecule has 0 saturated heterocycles. The van der Waals surface area contributed by atoms with Gasteiger partial charge in [-0.2, -0.15) is 0 Å². The van der Waals surface area contributed by atoms with E-state index in [1.807, 2.05) is 0 Å². The van der Waals surface area contributed by atoms with Gasteiger partial charge in [0.15, 0.2) is 0 Å². The first-order chi connectivity index (χ1) is 2.73. The predicted molar refractivity (Wildman–Crippen MR) is 12.5 cm³/mol. The molecule has 0 unspecified atom stereocenters. The molecule has 2 N–H and O–H groups in total.